The third kappa shape index (κ3) is 4.67. The zero-order valence-electron chi connectivity index (χ0n) is 15.5. The number of hydrogen-bond donors (Lipinski definition) is 1. The number of amides is 1. The highest BCUT2D eigenvalue weighted by molar-refractivity contribution is 6.04. The smallest absolute Gasteiger partial charge is 0.255 e. The first-order valence-electron chi connectivity index (χ1n) is 9.04. The van der Waals surface area contributed by atoms with E-state index in [0.29, 0.717) is 16.8 Å². The lowest BCUT2D eigenvalue weighted by molar-refractivity contribution is 0.101. The van der Waals surface area contributed by atoms with Crippen LogP contribution in [0.1, 0.15) is 46.5 Å². The molecule has 27 heavy (non-hydrogen) atoms. The van der Waals surface area contributed by atoms with Crippen LogP contribution in [-0.2, 0) is 6.42 Å². The van der Waals surface area contributed by atoms with Crippen LogP contribution in [0.5, 0.6) is 0 Å². The Morgan fingerprint density at radius 2 is 1.56 bits per heavy atom. The molecule has 0 atom stereocenters. The van der Waals surface area contributed by atoms with Gasteiger partial charge in [0.05, 0.1) is 5.69 Å². The molecular formula is C23H22N2O2. The van der Waals surface area contributed by atoms with Crippen molar-refractivity contribution < 1.29 is 9.59 Å². The summed E-state index contributed by atoms with van der Waals surface area (Å²) in [5.74, 6) is -0.192. The van der Waals surface area contributed by atoms with Gasteiger partial charge in [-0.05, 0) is 61.4 Å². The Morgan fingerprint density at radius 1 is 0.889 bits per heavy atom. The van der Waals surface area contributed by atoms with Crippen molar-refractivity contribution in [2.45, 2.75) is 26.7 Å². The van der Waals surface area contributed by atoms with E-state index in [0.717, 1.165) is 24.1 Å². The normalized spacial score (nSPS) is 10.4. The molecule has 1 N–H and O–H groups in total. The number of pyridine rings is 1. The molecule has 0 unspecified atom stereocenters. The summed E-state index contributed by atoms with van der Waals surface area (Å²) in [5, 5.41) is 2.84. The lowest BCUT2D eigenvalue weighted by atomic mass is 10.1. The van der Waals surface area contributed by atoms with E-state index in [1.807, 2.05) is 24.4 Å². The maximum atomic E-state index is 12.4. The minimum atomic E-state index is -0.191. The number of Topliss-reactive ketones (excluding diaryl/α,β-unsaturated/α-hetero) is 1. The summed E-state index contributed by atoms with van der Waals surface area (Å²) < 4.78 is 0. The van der Waals surface area contributed by atoms with Gasteiger partial charge in [0, 0.05) is 28.6 Å². The van der Waals surface area contributed by atoms with Gasteiger partial charge in [-0.3, -0.25) is 14.6 Å². The average molecular weight is 358 g/mol. The Bertz CT molecular complexity index is 928. The van der Waals surface area contributed by atoms with Crippen molar-refractivity contribution in [1.29, 1.82) is 0 Å². The summed E-state index contributed by atoms with van der Waals surface area (Å²) in [6.45, 7) is 3.66. The topological polar surface area (TPSA) is 59.1 Å². The summed E-state index contributed by atoms with van der Waals surface area (Å²) in [6.07, 6.45) is 4.03. The molecule has 136 valence electrons. The van der Waals surface area contributed by atoms with Gasteiger partial charge in [0.2, 0.25) is 0 Å². The molecule has 3 rings (SSSR count). The summed E-state index contributed by atoms with van der Waals surface area (Å²) in [4.78, 5) is 28.2. The van der Waals surface area contributed by atoms with E-state index in [9.17, 15) is 9.59 Å². The predicted molar refractivity (Wildman–Crippen MR) is 108 cm³/mol. The maximum Gasteiger partial charge on any atom is 0.255 e. The minimum Gasteiger partial charge on any atom is -0.322 e. The lowest BCUT2D eigenvalue weighted by Crippen LogP contribution is -2.11. The molecule has 0 aliphatic carbocycles. The lowest BCUT2D eigenvalue weighted by Gasteiger charge is -2.07. The molecule has 1 aromatic heterocycles. The van der Waals surface area contributed by atoms with Gasteiger partial charge in [-0.25, -0.2) is 0 Å². The number of benzene rings is 2. The van der Waals surface area contributed by atoms with Crippen molar-refractivity contribution in [3.63, 3.8) is 0 Å². The van der Waals surface area contributed by atoms with Crippen molar-refractivity contribution >= 4 is 17.4 Å². The number of hydrogen-bond acceptors (Lipinski definition) is 3. The van der Waals surface area contributed by atoms with Crippen molar-refractivity contribution in [1.82, 2.24) is 4.98 Å². The molecule has 1 amide bonds. The van der Waals surface area contributed by atoms with E-state index in [4.69, 9.17) is 0 Å². The summed E-state index contributed by atoms with van der Waals surface area (Å²) in [7, 11) is 0. The van der Waals surface area contributed by atoms with Crippen molar-refractivity contribution in [3.05, 3.63) is 83.6 Å². The second kappa shape index (κ2) is 8.41. The van der Waals surface area contributed by atoms with Crippen LogP contribution in [0.2, 0.25) is 0 Å². The molecule has 2 aromatic carbocycles. The Labute approximate surface area is 159 Å². The van der Waals surface area contributed by atoms with Gasteiger partial charge in [0.25, 0.3) is 5.91 Å². The first-order valence-corrected chi connectivity index (χ1v) is 9.04. The van der Waals surface area contributed by atoms with Crippen molar-refractivity contribution in [3.8, 4) is 11.3 Å². The fourth-order valence-corrected chi connectivity index (χ4v) is 2.82. The van der Waals surface area contributed by atoms with Gasteiger partial charge < -0.3 is 5.32 Å². The molecule has 0 radical (unpaired) electrons. The third-order valence-corrected chi connectivity index (χ3v) is 4.36. The largest absolute Gasteiger partial charge is 0.322 e. The number of rotatable bonds is 6. The third-order valence-electron chi connectivity index (χ3n) is 4.36. The quantitative estimate of drug-likeness (QED) is 0.620. The number of nitrogens with one attached hydrogen (secondary N) is 1. The highest BCUT2D eigenvalue weighted by Crippen LogP contribution is 2.19. The first kappa shape index (κ1) is 18.5. The monoisotopic (exact) mass is 358 g/mol. The minimum absolute atomic E-state index is 0.000184. The van der Waals surface area contributed by atoms with Crippen LogP contribution in [0.15, 0.2) is 66.9 Å². The zero-order chi connectivity index (χ0) is 19.2. The van der Waals surface area contributed by atoms with E-state index in [2.05, 4.69) is 23.3 Å². The van der Waals surface area contributed by atoms with Crippen LogP contribution in [0.4, 0.5) is 5.69 Å². The van der Waals surface area contributed by atoms with Gasteiger partial charge >= 0.3 is 0 Å². The number of anilines is 1. The van der Waals surface area contributed by atoms with Gasteiger partial charge in [-0.2, -0.15) is 0 Å². The molecule has 4 nitrogen and oxygen atoms in total. The zero-order valence-corrected chi connectivity index (χ0v) is 15.5. The molecule has 1 heterocycles. The van der Waals surface area contributed by atoms with Crippen LogP contribution in [0.25, 0.3) is 11.3 Å². The van der Waals surface area contributed by atoms with E-state index >= 15 is 0 Å². The summed E-state index contributed by atoms with van der Waals surface area (Å²) in [5.41, 5.74) is 4.93. The summed E-state index contributed by atoms with van der Waals surface area (Å²) >= 11 is 0. The average Bonchev–Trinajstić information content (AvgIpc) is 2.69. The van der Waals surface area contributed by atoms with Gasteiger partial charge in [-0.15, -0.1) is 0 Å². The van der Waals surface area contributed by atoms with E-state index in [-0.39, 0.29) is 11.7 Å². The standard InChI is InChI=1S/C23H22N2O2/c1-3-4-17-5-14-22(24-15-17)19-6-8-20(9-7-19)23(27)25-21-12-10-18(11-13-21)16(2)26/h5-15H,3-4H2,1-2H3,(H,25,27). The highest BCUT2D eigenvalue weighted by atomic mass is 16.1. The van der Waals surface area contributed by atoms with Crippen molar-refractivity contribution in [2.75, 3.05) is 5.32 Å². The number of carbonyl (C=O) groups is 2. The van der Waals surface area contributed by atoms with Crippen LogP contribution < -0.4 is 5.32 Å². The molecule has 0 saturated heterocycles. The number of carbonyl (C=O) groups excluding carboxylic acids is 2. The van der Waals surface area contributed by atoms with E-state index < -0.39 is 0 Å². The molecule has 0 saturated carbocycles. The Morgan fingerprint density at radius 3 is 2.11 bits per heavy atom. The second-order valence-electron chi connectivity index (χ2n) is 6.47. The van der Waals surface area contributed by atoms with Gasteiger partial charge in [0.1, 0.15) is 0 Å². The van der Waals surface area contributed by atoms with E-state index in [1.165, 1.54) is 12.5 Å². The maximum absolute atomic E-state index is 12.4. The molecule has 0 aliphatic heterocycles. The fourth-order valence-electron chi connectivity index (χ4n) is 2.82. The van der Waals surface area contributed by atoms with Crippen LogP contribution in [-0.4, -0.2) is 16.7 Å². The number of aromatic nitrogens is 1. The molecule has 0 bridgehead atoms. The Balaban J connectivity index is 1.68. The molecule has 3 aromatic rings. The number of nitrogens with zero attached hydrogens (tertiary/aromatic N) is 1. The number of aryl methyl sites for hydroxylation is 1. The van der Waals surface area contributed by atoms with Gasteiger partial charge in [0.15, 0.2) is 5.78 Å². The Kier molecular flexibility index (Phi) is 5.77. The SMILES string of the molecule is CCCc1ccc(-c2ccc(C(=O)Nc3ccc(C(C)=O)cc3)cc2)nc1. The number of ketones is 1. The van der Waals surface area contributed by atoms with E-state index in [1.54, 1.807) is 36.4 Å². The highest BCUT2D eigenvalue weighted by Gasteiger charge is 2.08. The fraction of sp³-hybridized carbons (Fsp3) is 0.174. The van der Waals surface area contributed by atoms with Crippen molar-refractivity contribution in [2.24, 2.45) is 0 Å². The Hall–Kier alpha value is -3.27. The predicted octanol–water partition coefficient (Wildman–Crippen LogP) is 5.16. The van der Waals surface area contributed by atoms with Crippen LogP contribution in [0, 0.1) is 0 Å². The molecule has 4 heteroatoms. The molecule has 0 aliphatic rings. The second-order valence-corrected chi connectivity index (χ2v) is 6.47. The molecule has 0 spiro atoms. The first-order chi connectivity index (χ1) is 13.1. The van der Waals surface area contributed by atoms with Gasteiger partial charge in [-0.1, -0.05) is 31.5 Å². The molecular weight excluding hydrogens is 336 g/mol. The van der Waals surface area contributed by atoms with Crippen LogP contribution >= 0.6 is 0 Å². The van der Waals surface area contributed by atoms with Crippen LogP contribution in [0.3, 0.4) is 0 Å². The molecule has 0 fully saturated rings. The summed E-state index contributed by atoms with van der Waals surface area (Å²) in [6, 6.07) is 18.3.